The Hall–Kier alpha value is -1.85. The number of rotatable bonds is 5. The predicted octanol–water partition coefficient (Wildman–Crippen LogP) is 1.52. The zero-order valence-electron chi connectivity index (χ0n) is 14.6. The fraction of sp³-hybridized carbons (Fsp3) is 0.400. The predicted molar refractivity (Wildman–Crippen MR) is 79.8 cm³/mol. The van der Waals surface area contributed by atoms with Crippen molar-refractivity contribution in [2.75, 3.05) is 20.6 Å². The molecular weight excluding hydrogens is 254 g/mol. The number of aromatic amines is 1. The average Bonchev–Trinajstić information content (AvgIpc) is 2.87. The van der Waals surface area contributed by atoms with Crippen LogP contribution in [0.1, 0.15) is 16.6 Å². The van der Waals surface area contributed by atoms with E-state index in [1.807, 2.05) is 6.07 Å². The molecule has 20 heavy (non-hydrogen) atoms. The van der Waals surface area contributed by atoms with Crippen LogP contribution < -0.4 is 10.5 Å². The van der Waals surface area contributed by atoms with Crippen LogP contribution >= 0.6 is 0 Å². The van der Waals surface area contributed by atoms with Gasteiger partial charge in [0.25, 0.3) is 0 Å². The van der Waals surface area contributed by atoms with Gasteiger partial charge in [-0.25, -0.2) is 4.79 Å². The molecule has 1 atom stereocenters. The van der Waals surface area contributed by atoms with Crippen LogP contribution in [0.2, 0.25) is 0 Å². The number of esters is 1. The normalized spacial score (nSPS) is 15.7. The molecule has 0 aliphatic carbocycles. The number of likely N-dealkylation sites (N-methyl/N-ethyl adjacent to an activating group) is 1. The van der Waals surface area contributed by atoms with Crippen molar-refractivity contribution in [3.63, 3.8) is 0 Å². The first-order valence-corrected chi connectivity index (χ1v) is 6.47. The van der Waals surface area contributed by atoms with Crippen molar-refractivity contribution in [2.45, 2.75) is 19.4 Å². The molecule has 2 rings (SSSR count). The lowest BCUT2D eigenvalue weighted by Gasteiger charge is -2.11. The SMILES string of the molecule is [2H]C([2H])([2H])N(C)CCc1c[nH]c2cccc(OC(=O)[C@@H](C)N)c12. The lowest BCUT2D eigenvalue weighted by molar-refractivity contribution is -0.135. The van der Waals surface area contributed by atoms with Crippen LogP contribution in [0.15, 0.2) is 24.4 Å². The van der Waals surface area contributed by atoms with E-state index in [1.54, 1.807) is 32.3 Å². The fourth-order valence-electron chi connectivity index (χ4n) is 1.99. The molecule has 0 bridgehead atoms. The molecule has 1 aromatic carbocycles. The first kappa shape index (κ1) is 10.9. The van der Waals surface area contributed by atoms with Gasteiger partial charge in [-0.2, -0.15) is 0 Å². The van der Waals surface area contributed by atoms with Crippen molar-refractivity contribution in [1.29, 1.82) is 0 Å². The van der Waals surface area contributed by atoms with Gasteiger partial charge in [0.2, 0.25) is 0 Å². The van der Waals surface area contributed by atoms with Crippen molar-refractivity contribution in [1.82, 2.24) is 9.88 Å². The highest BCUT2D eigenvalue weighted by Crippen LogP contribution is 2.29. The Bertz CT molecular complexity index is 695. The van der Waals surface area contributed by atoms with Gasteiger partial charge in [-0.15, -0.1) is 0 Å². The largest absolute Gasteiger partial charge is 0.425 e. The molecule has 0 amide bonds. The molecule has 5 nitrogen and oxygen atoms in total. The van der Waals surface area contributed by atoms with Crippen molar-refractivity contribution < 1.29 is 13.6 Å². The van der Waals surface area contributed by atoms with Gasteiger partial charge >= 0.3 is 5.97 Å². The van der Waals surface area contributed by atoms with Crippen LogP contribution in [0, 0.1) is 0 Å². The van der Waals surface area contributed by atoms with E-state index in [4.69, 9.17) is 14.6 Å². The molecule has 0 saturated carbocycles. The number of carbonyl (C=O) groups excluding carboxylic acids is 1. The Morgan fingerprint density at radius 3 is 3.10 bits per heavy atom. The molecule has 0 aliphatic heterocycles. The minimum atomic E-state index is -2.13. The van der Waals surface area contributed by atoms with Crippen molar-refractivity contribution in [3.8, 4) is 5.75 Å². The molecule has 0 aliphatic rings. The first-order valence-electron chi connectivity index (χ1n) is 7.97. The summed E-state index contributed by atoms with van der Waals surface area (Å²) in [6.07, 6.45) is 2.32. The molecule has 2 aromatic rings. The number of benzene rings is 1. The summed E-state index contributed by atoms with van der Waals surface area (Å²) in [6.45, 7) is -0.207. The highest BCUT2D eigenvalue weighted by molar-refractivity contribution is 5.92. The van der Waals surface area contributed by atoms with E-state index in [2.05, 4.69) is 4.98 Å². The number of aromatic nitrogens is 1. The number of fused-ring (bicyclic) bond motifs is 1. The summed E-state index contributed by atoms with van der Waals surface area (Å²) in [5, 5.41) is 0.778. The zero-order valence-corrected chi connectivity index (χ0v) is 11.6. The molecule has 1 aromatic heterocycles. The quantitative estimate of drug-likeness (QED) is 0.642. The number of hydrogen-bond acceptors (Lipinski definition) is 4. The Morgan fingerprint density at radius 1 is 1.60 bits per heavy atom. The second kappa shape index (κ2) is 6.07. The Kier molecular flexibility index (Phi) is 3.30. The molecule has 0 unspecified atom stereocenters. The molecule has 5 heteroatoms. The smallest absolute Gasteiger partial charge is 0.328 e. The Balaban J connectivity index is 2.26. The third-order valence-electron chi connectivity index (χ3n) is 3.05. The van der Waals surface area contributed by atoms with Crippen LogP contribution in [0.5, 0.6) is 5.75 Å². The second-order valence-electron chi connectivity index (χ2n) is 4.87. The number of ether oxygens (including phenoxy) is 1. The van der Waals surface area contributed by atoms with Crippen molar-refractivity contribution in [2.24, 2.45) is 5.73 Å². The molecule has 0 fully saturated rings. The summed E-state index contributed by atoms with van der Waals surface area (Å²) in [5.74, 6) is -0.0816. The maximum Gasteiger partial charge on any atom is 0.328 e. The maximum atomic E-state index is 11.7. The van der Waals surface area contributed by atoms with Crippen molar-refractivity contribution in [3.05, 3.63) is 30.0 Å². The number of nitrogens with zero attached hydrogens (tertiary/aromatic N) is 1. The van der Waals surface area contributed by atoms with Gasteiger partial charge in [0.1, 0.15) is 11.8 Å². The summed E-state index contributed by atoms with van der Waals surface area (Å²) in [5.41, 5.74) is 7.25. The van der Waals surface area contributed by atoms with Gasteiger partial charge in [0, 0.05) is 27.8 Å². The third-order valence-corrected chi connectivity index (χ3v) is 3.05. The highest BCUT2D eigenvalue weighted by Gasteiger charge is 2.15. The number of carbonyl (C=O) groups is 1. The van der Waals surface area contributed by atoms with Crippen LogP contribution in [0.3, 0.4) is 0 Å². The van der Waals surface area contributed by atoms with Gasteiger partial charge in [-0.1, -0.05) is 6.07 Å². The van der Waals surface area contributed by atoms with Gasteiger partial charge in [0.15, 0.2) is 0 Å². The molecule has 0 radical (unpaired) electrons. The van der Waals surface area contributed by atoms with Crippen LogP contribution in [0.25, 0.3) is 10.9 Å². The maximum absolute atomic E-state index is 11.7. The topological polar surface area (TPSA) is 71.3 Å². The summed E-state index contributed by atoms with van der Waals surface area (Å²) in [7, 11) is 1.55. The number of nitrogens with one attached hydrogen (secondary N) is 1. The van der Waals surface area contributed by atoms with E-state index in [1.165, 1.54) is 4.90 Å². The number of H-pyrrole nitrogens is 1. The minimum Gasteiger partial charge on any atom is -0.425 e. The Labute approximate surface area is 122 Å². The Morgan fingerprint density at radius 2 is 2.40 bits per heavy atom. The summed E-state index contributed by atoms with van der Waals surface area (Å²) >= 11 is 0. The summed E-state index contributed by atoms with van der Waals surface area (Å²) in [4.78, 5) is 16.2. The lowest BCUT2D eigenvalue weighted by Crippen LogP contribution is -2.30. The molecule has 0 spiro atoms. The molecular formula is C15H21N3O2. The van der Waals surface area contributed by atoms with E-state index >= 15 is 0 Å². The van der Waals surface area contributed by atoms with Crippen molar-refractivity contribution >= 4 is 16.9 Å². The minimum absolute atomic E-state index is 0.360. The van der Waals surface area contributed by atoms with E-state index in [0.717, 1.165) is 16.5 Å². The molecule has 108 valence electrons. The number of hydrogen-bond donors (Lipinski definition) is 2. The number of nitrogens with two attached hydrogens (primary N) is 1. The molecule has 3 N–H and O–H groups in total. The van der Waals surface area contributed by atoms with Crippen LogP contribution in [0.4, 0.5) is 0 Å². The van der Waals surface area contributed by atoms with Gasteiger partial charge < -0.3 is 20.4 Å². The van der Waals surface area contributed by atoms with Gasteiger partial charge in [-0.05, 0) is 45.1 Å². The zero-order chi connectivity index (χ0) is 17.2. The second-order valence-corrected chi connectivity index (χ2v) is 4.87. The molecule has 0 saturated heterocycles. The summed E-state index contributed by atoms with van der Waals surface area (Å²) in [6, 6.07) is 4.64. The highest BCUT2D eigenvalue weighted by atomic mass is 16.5. The average molecular weight is 278 g/mol. The van der Waals surface area contributed by atoms with Crippen LogP contribution in [-0.2, 0) is 11.2 Å². The van der Waals surface area contributed by atoms with Gasteiger partial charge in [0.05, 0.1) is 0 Å². The van der Waals surface area contributed by atoms with E-state index < -0.39 is 19.0 Å². The monoisotopic (exact) mass is 278 g/mol. The van der Waals surface area contributed by atoms with Crippen LogP contribution in [-0.4, -0.2) is 42.5 Å². The van der Waals surface area contributed by atoms with E-state index in [0.29, 0.717) is 18.7 Å². The molecule has 1 heterocycles. The lowest BCUT2D eigenvalue weighted by atomic mass is 10.1. The fourth-order valence-corrected chi connectivity index (χ4v) is 1.99. The van der Waals surface area contributed by atoms with E-state index in [-0.39, 0.29) is 0 Å². The first-order chi connectivity index (χ1) is 10.7. The third kappa shape index (κ3) is 3.18. The standard InChI is InChI=1S/C15H21N3O2/c1-10(16)15(19)20-13-6-4-5-12-14(13)11(9-17-12)7-8-18(2)3/h4-6,9-10,17H,7-8,16H2,1-3H3/t10-/m1/s1/i2D3. The van der Waals surface area contributed by atoms with E-state index in [9.17, 15) is 4.79 Å². The summed E-state index contributed by atoms with van der Waals surface area (Å²) < 4.78 is 27.5. The van der Waals surface area contributed by atoms with Gasteiger partial charge in [-0.3, -0.25) is 0 Å².